The van der Waals surface area contributed by atoms with Gasteiger partial charge in [0, 0.05) is 13.2 Å². The second-order valence-electron chi connectivity index (χ2n) is 13.4. The van der Waals surface area contributed by atoms with Gasteiger partial charge in [0.1, 0.15) is 0 Å². The highest BCUT2D eigenvalue weighted by Crippen LogP contribution is 2.76. The van der Waals surface area contributed by atoms with Gasteiger partial charge in [-0.15, -0.1) is 0 Å². The zero-order valence-corrected chi connectivity index (χ0v) is 21.7. The van der Waals surface area contributed by atoms with E-state index in [1.165, 1.54) is 62.5 Å². The Hall–Kier alpha value is -0.600. The minimum absolute atomic E-state index is 0.131. The molecule has 9 atom stereocenters. The fourth-order valence-corrected chi connectivity index (χ4v) is 10.5. The summed E-state index contributed by atoms with van der Waals surface area (Å²) < 4.78 is 0. The van der Waals surface area contributed by atoms with Crippen molar-refractivity contribution in [2.75, 3.05) is 13.2 Å². The van der Waals surface area contributed by atoms with Crippen LogP contribution in [0.5, 0.6) is 0 Å². The molecule has 182 valence electrons. The van der Waals surface area contributed by atoms with Gasteiger partial charge in [-0.3, -0.25) is 0 Å². The van der Waals surface area contributed by atoms with Crippen LogP contribution in [0.1, 0.15) is 98.8 Å². The molecule has 4 rings (SSSR count). The van der Waals surface area contributed by atoms with E-state index in [9.17, 15) is 10.2 Å². The lowest BCUT2D eigenvalue weighted by Crippen LogP contribution is -2.64. The van der Waals surface area contributed by atoms with Gasteiger partial charge in [0.15, 0.2) is 0 Å². The third-order valence-corrected chi connectivity index (χ3v) is 12.3. The minimum atomic E-state index is 0.131. The second kappa shape index (κ2) is 8.26. The van der Waals surface area contributed by atoms with Crippen LogP contribution in [-0.4, -0.2) is 23.4 Å². The van der Waals surface area contributed by atoms with Gasteiger partial charge >= 0.3 is 0 Å². The van der Waals surface area contributed by atoms with Crippen molar-refractivity contribution in [3.8, 4) is 0 Å². The molecule has 4 aliphatic rings. The highest BCUT2D eigenvalue weighted by atomic mass is 16.3. The number of allylic oxidation sites excluding steroid dienone is 2. The van der Waals surface area contributed by atoms with Gasteiger partial charge in [-0.25, -0.2) is 0 Å². The summed E-state index contributed by atoms with van der Waals surface area (Å²) in [5, 5.41) is 20.4. The fraction of sp³-hybridized carbons (Fsp3) is 0.867. The lowest BCUT2D eigenvalue weighted by Gasteiger charge is -2.71. The minimum Gasteiger partial charge on any atom is -0.396 e. The second-order valence-corrected chi connectivity index (χ2v) is 13.4. The molecule has 0 aromatic carbocycles. The number of rotatable bonds is 6. The first-order valence-electron chi connectivity index (χ1n) is 13.5. The Morgan fingerprint density at radius 3 is 2.16 bits per heavy atom. The van der Waals surface area contributed by atoms with Crippen LogP contribution in [0, 0.1) is 51.2 Å². The Labute approximate surface area is 198 Å². The maximum Gasteiger partial charge on any atom is 0.0490 e. The van der Waals surface area contributed by atoms with E-state index in [1.54, 1.807) is 0 Å². The number of fused-ring (bicyclic) bond motifs is 5. The molecule has 4 aliphatic carbocycles. The van der Waals surface area contributed by atoms with E-state index in [1.807, 2.05) is 0 Å². The lowest BCUT2D eigenvalue weighted by molar-refractivity contribution is -0.219. The lowest BCUT2D eigenvalue weighted by atomic mass is 9.34. The molecule has 4 saturated carbocycles. The highest BCUT2D eigenvalue weighted by molar-refractivity contribution is 5.22. The molecule has 0 unspecified atom stereocenters. The molecular formula is C30H50O2. The van der Waals surface area contributed by atoms with Crippen LogP contribution < -0.4 is 0 Å². The van der Waals surface area contributed by atoms with Crippen LogP contribution in [0.3, 0.4) is 0 Å². The van der Waals surface area contributed by atoms with Crippen LogP contribution in [0.2, 0.25) is 0 Å². The van der Waals surface area contributed by atoms with Crippen molar-refractivity contribution >= 4 is 0 Å². The van der Waals surface area contributed by atoms with Crippen molar-refractivity contribution in [3.63, 3.8) is 0 Å². The molecule has 0 spiro atoms. The first kappa shape index (κ1) is 24.5. The SMILES string of the molecule is C=C(C)[C@@H]1CC[C@]2(CO)CC[C@]3(C)[C@H](CC[C@@H]4[C@@](C)(CCCO)[C@H](C(=C)C)CC[C@]43C)[C@@H]12. The van der Waals surface area contributed by atoms with E-state index in [0.29, 0.717) is 53.6 Å². The van der Waals surface area contributed by atoms with Gasteiger partial charge < -0.3 is 10.2 Å². The largest absolute Gasteiger partial charge is 0.396 e. The van der Waals surface area contributed by atoms with Crippen molar-refractivity contribution < 1.29 is 10.2 Å². The van der Waals surface area contributed by atoms with E-state index in [4.69, 9.17) is 0 Å². The van der Waals surface area contributed by atoms with Crippen LogP contribution in [0.15, 0.2) is 24.3 Å². The molecule has 0 aromatic heterocycles. The maximum absolute atomic E-state index is 10.6. The molecule has 0 aromatic rings. The molecule has 0 bridgehead atoms. The average Bonchev–Trinajstić information content (AvgIpc) is 3.13. The van der Waals surface area contributed by atoms with E-state index in [2.05, 4.69) is 47.8 Å². The third-order valence-electron chi connectivity index (χ3n) is 12.3. The smallest absolute Gasteiger partial charge is 0.0490 e. The average molecular weight is 443 g/mol. The molecule has 0 heterocycles. The van der Waals surface area contributed by atoms with E-state index >= 15 is 0 Å². The number of aliphatic hydroxyl groups is 2. The van der Waals surface area contributed by atoms with Gasteiger partial charge in [-0.05, 0) is 129 Å². The summed E-state index contributed by atoms with van der Waals surface area (Å²) >= 11 is 0. The Morgan fingerprint density at radius 2 is 1.56 bits per heavy atom. The Morgan fingerprint density at radius 1 is 0.844 bits per heavy atom. The van der Waals surface area contributed by atoms with Gasteiger partial charge in [0.25, 0.3) is 0 Å². The fourth-order valence-electron chi connectivity index (χ4n) is 10.5. The maximum atomic E-state index is 10.6. The van der Waals surface area contributed by atoms with E-state index in [0.717, 1.165) is 12.8 Å². The molecule has 0 amide bonds. The molecule has 0 saturated heterocycles. The Kier molecular flexibility index (Phi) is 6.33. The molecule has 32 heavy (non-hydrogen) atoms. The first-order chi connectivity index (χ1) is 15.0. The molecule has 2 N–H and O–H groups in total. The summed E-state index contributed by atoms with van der Waals surface area (Å²) in [5.74, 6) is 3.13. The van der Waals surface area contributed by atoms with E-state index < -0.39 is 0 Å². The number of hydrogen-bond donors (Lipinski definition) is 2. The Balaban J connectivity index is 1.76. The summed E-state index contributed by atoms with van der Waals surface area (Å²) in [5.41, 5.74) is 3.69. The first-order valence-corrected chi connectivity index (χ1v) is 13.5. The van der Waals surface area contributed by atoms with Crippen molar-refractivity contribution in [2.45, 2.75) is 98.8 Å². The predicted molar refractivity (Wildman–Crippen MR) is 134 cm³/mol. The van der Waals surface area contributed by atoms with Crippen molar-refractivity contribution in [1.29, 1.82) is 0 Å². The quantitative estimate of drug-likeness (QED) is 0.428. The summed E-state index contributed by atoms with van der Waals surface area (Å²) in [4.78, 5) is 0. The summed E-state index contributed by atoms with van der Waals surface area (Å²) in [6.45, 7) is 21.8. The van der Waals surface area contributed by atoms with Crippen molar-refractivity contribution in [1.82, 2.24) is 0 Å². The molecular weight excluding hydrogens is 392 g/mol. The number of aliphatic hydroxyl groups excluding tert-OH is 2. The zero-order valence-electron chi connectivity index (χ0n) is 21.7. The third kappa shape index (κ3) is 3.18. The van der Waals surface area contributed by atoms with Gasteiger partial charge in [-0.2, -0.15) is 0 Å². The van der Waals surface area contributed by atoms with Gasteiger partial charge in [-0.1, -0.05) is 45.1 Å². The zero-order chi connectivity index (χ0) is 23.5. The predicted octanol–water partition coefficient (Wildman–Crippen LogP) is 7.16. The summed E-state index contributed by atoms with van der Waals surface area (Å²) in [7, 11) is 0. The molecule has 2 nitrogen and oxygen atoms in total. The van der Waals surface area contributed by atoms with Crippen molar-refractivity contribution in [2.24, 2.45) is 51.2 Å². The van der Waals surface area contributed by atoms with E-state index in [-0.39, 0.29) is 10.8 Å². The van der Waals surface area contributed by atoms with Gasteiger partial charge in [0.2, 0.25) is 0 Å². The van der Waals surface area contributed by atoms with Crippen molar-refractivity contribution in [3.05, 3.63) is 24.3 Å². The topological polar surface area (TPSA) is 40.5 Å². The highest BCUT2D eigenvalue weighted by Gasteiger charge is 2.69. The normalized spacial score (nSPS) is 50.3. The monoisotopic (exact) mass is 442 g/mol. The summed E-state index contributed by atoms with van der Waals surface area (Å²) in [6, 6.07) is 0. The van der Waals surface area contributed by atoms with Crippen LogP contribution in [-0.2, 0) is 0 Å². The van der Waals surface area contributed by atoms with Crippen LogP contribution in [0.4, 0.5) is 0 Å². The van der Waals surface area contributed by atoms with Crippen LogP contribution in [0.25, 0.3) is 0 Å². The number of hydrogen-bond acceptors (Lipinski definition) is 2. The molecule has 0 aliphatic heterocycles. The molecule has 0 radical (unpaired) electrons. The molecule has 4 fully saturated rings. The molecule has 2 heteroatoms. The van der Waals surface area contributed by atoms with Crippen LogP contribution >= 0.6 is 0 Å². The summed E-state index contributed by atoms with van der Waals surface area (Å²) in [6.07, 6.45) is 12.0. The Bertz CT molecular complexity index is 756. The van der Waals surface area contributed by atoms with Gasteiger partial charge in [0.05, 0.1) is 0 Å². The standard InChI is InChI=1S/C30H50O2/c1-20(2)22-11-15-30(19-32)17-16-28(6)24(26(22)30)9-10-25-27(5,13-8-18-31)23(21(3)4)12-14-29(25,28)7/h22-26,31-32H,1,3,8-19H2,2,4-7H3/t22-,23-,24+,25+,26+,27-,28+,29+,30+/m0/s1.